The van der Waals surface area contributed by atoms with Gasteiger partial charge in [0.2, 0.25) is 0 Å². The van der Waals surface area contributed by atoms with Crippen molar-refractivity contribution in [3.8, 4) is 0 Å². The van der Waals surface area contributed by atoms with Crippen molar-refractivity contribution in [3.63, 3.8) is 0 Å². The van der Waals surface area contributed by atoms with Crippen LogP contribution in [0, 0.1) is 13.8 Å². The van der Waals surface area contributed by atoms with Crippen molar-refractivity contribution in [1.82, 2.24) is 20.1 Å². The lowest BCUT2D eigenvalue weighted by molar-refractivity contribution is 0.199. The molecular weight excluding hydrogens is 260 g/mol. The van der Waals surface area contributed by atoms with Crippen LogP contribution >= 0.6 is 11.3 Å². The predicted octanol–water partition coefficient (Wildman–Crippen LogP) is 1.74. The largest absolute Gasteiger partial charge is 0.383 e. The number of thiazole rings is 1. The number of hydrogen-bond acceptors (Lipinski definition) is 5. The van der Waals surface area contributed by atoms with Gasteiger partial charge in [0.15, 0.2) is 0 Å². The smallest absolute Gasteiger partial charge is 0.0898 e. The molecule has 0 aliphatic carbocycles. The minimum absolute atomic E-state index is 0.727. The predicted molar refractivity (Wildman–Crippen MR) is 76.5 cm³/mol. The molecule has 0 unspecified atom stereocenters. The van der Waals surface area contributed by atoms with Gasteiger partial charge < -0.3 is 10.1 Å². The zero-order chi connectivity index (χ0) is 13.7. The van der Waals surface area contributed by atoms with Crippen LogP contribution in [0.15, 0.2) is 11.6 Å². The number of hydrogen-bond donors (Lipinski definition) is 1. The Balaban J connectivity index is 1.92. The van der Waals surface area contributed by atoms with Gasteiger partial charge in [0.05, 0.1) is 29.5 Å². The van der Waals surface area contributed by atoms with E-state index in [1.165, 1.54) is 5.56 Å². The van der Waals surface area contributed by atoms with Crippen molar-refractivity contribution < 1.29 is 4.74 Å². The van der Waals surface area contributed by atoms with E-state index in [0.29, 0.717) is 0 Å². The van der Waals surface area contributed by atoms with Crippen LogP contribution in [0.3, 0.4) is 0 Å². The molecule has 0 aliphatic rings. The highest BCUT2D eigenvalue weighted by molar-refractivity contribution is 7.09. The maximum atomic E-state index is 5.01. The van der Waals surface area contributed by atoms with Gasteiger partial charge in [-0.1, -0.05) is 0 Å². The fourth-order valence-corrected chi connectivity index (χ4v) is 2.46. The lowest BCUT2D eigenvalue weighted by Crippen LogP contribution is -2.18. The summed E-state index contributed by atoms with van der Waals surface area (Å²) in [6, 6.07) is 0. The molecule has 0 aliphatic heterocycles. The highest BCUT2D eigenvalue weighted by Crippen LogP contribution is 2.11. The third-order valence-electron chi connectivity index (χ3n) is 2.84. The molecule has 0 fully saturated rings. The monoisotopic (exact) mass is 280 g/mol. The molecule has 0 saturated heterocycles. The van der Waals surface area contributed by atoms with Gasteiger partial charge in [-0.2, -0.15) is 5.10 Å². The Hall–Kier alpha value is -1.24. The minimum Gasteiger partial charge on any atom is -0.383 e. The number of nitrogens with one attached hydrogen (secondary N) is 1. The average Bonchev–Trinajstić information content (AvgIpc) is 2.92. The van der Waals surface area contributed by atoms with Crippen molar-refractivity contribution in [2.45, 2.75) is 26.9 Å². The zero-order valence-electron chi connectivity index (χ0n) is 11.6. The first kappa shape index (κ1) is 14.2. The van der Waals surface area contributed by atoms with Crippen LogP contribution in [0.5, 0.6) is 0 Å². The molecule has 0 atom stereocenters. The van der Waals surface area contributed by atoms with Gasteiger partial charge in [-0.05, 0) is 13.8 Å². The first-order valence-corrected chi connectivity index (χ1v) is 7.20. The molecule has 0 spiro atoms. The Morgan fingerprint density at radius 1 is 1.42 bits per heavy atom. The van der Waals surface area contributed by atoms with E-state index in [2.05, 4.69) is 27.0 Å². The van der Waals surface area contributed by atoms with E-state index in [1.54, 1.807) is 18.4 Å². The first-order valence-electron chi connectivity index (χ1n) is 6.32. The van der Waals surface area contributed by atoms with Gasteiger partial charge >= 0.3 is 0 Å². The number of aromatic nitrogens is 3. The Morgan fingerprint density at radius 3 is 2.95 bits per heavy atom. The molecule has 2 rings (SSSR count). The molecular formula is C13H20N4OS. The average molecular weight is 280 g/mol. The highest BCUT2D eigenvalue weighted by atomic mass is 32.1. The van der Waals surface area contributed by atoms with Gasteiger partial charge in [0.25, 0.3) is 0 Å². The maximum absolute atomic E-state index is 5.01. The van der Waals surface area contributed by atoms with Crippen molar-refractivity contribution in [2.24, 2.45) is 0 Å². The fourth-order valence-electron chi connectivity index (χ4n) is 1.86. The maximum Gasteiger partial charge on any atom is 0.0898 e. The van der Waals surface area contributed by atoms with Gasteiger partial charge in [0, 0.05) is 37.3 Å². The van der Waals surface area contributed by atoms with Crippen LogP contribution in [0.1, 0.15) is 22.0 Å². The van der Waals surface area contributed by atoms with E-state index in [4.69, 9.17) is 4.74 Å². The van der Waals surface area contributed by atoms with Crippen LogP contribution in [0.2, 0.25) is 0 Å². The molecule has 0 saturated carbocycles. The summed E-state index contributed by atoms with van der Waals surface area (Å²) >= 11 is 1.68. The van der Waals surface area contributed by atoms with Crippen LogP contribution in [0.25, 0.3) is 0 Å². The summed E-state index contributed by atoms with van der Waals surface area (Å²) in [6.07, 6.45) is 2.09. The second kappa shape index (κ2) is 6.79. The van der Waals surface area contributed by atoms with Gasteiger partial charge in [0.1, 0.15) is 0 Å². The van der Waals surface area contributed by atoms with E-state index in [9.17, 15) is 0 Å². The second-order valence-corrected chi connectivity index (χ2v) is 5.53. The van der Waals surface area contributed by atoms with Crippen molar-refractivity contribution in [3.05, 3.63) is 33.5 Å². The fraction of sp³-hybridized carbons (Fsp3) is 0.538. The molecule has 0 radical (unpaired) electrons. The number of rotatable bonds is 7. The van der Waals surface area contributed by atoms with Crippen LogP contribution in [-0.2, 0) is 17.8 Å². The molecule has 0 bridgehead atoms. The molecule has 0 amide bonds. The molecule has 5 nitrogen and oxygen atoms in total. The normalized spacial score (nSPS) is 11.1. The molecule has 1 N–H and O–H groups in total. The molecule has 2 aromatic rings. The van der Waals surface area contributed by atoms with Crippen LogP contribution in [-0.4, -0.2) is 35.0 Å². The van der Waals surface area contributed by atoms with Gasteiger partial charge in [-0.25, -0.2) is 4.98 Å². The Kier molecular flexibility index (Phi) is 5.07. The Bertz CT molecular complexity index is 520. The van der Waals surface area contributed by atoms with Crippen LogP contribution in [0.4, 0.5) is 0 Å². The van der Waals surface area contributed by atoms with Crippen molar-refractivity contribution >= 4 is 11.3 Å². The summed E-state index contributed by atoms with van der Waals surface area (Å²) in [7, 11) is 1.71. The quantitative estimate of drug-likeness (QED) is 0.785. The lowest BCUT2D eigenvalue weighted by atomic mass is 10.2. The molecule has 6 heteroatoms. The third kappa shape index (κ3) is 4.12. The SMILES string of the molecule is COCCNCc1cn(Cc2csc(C)n2)nc1C. The lowest BCUT2D eigenvalue weighted by Gasteiger charge is -2.02. The van der Waals surface area contributed by atoms with Gasteiger partial charge in [-0.15, -0.1) is 11.3 Å². The summed E-state index contributed by atoms with van der Waals surface area (Å²) < 4.78 is 6.96. The van der Waals surface area contributed by atoms with E-state index >= 15 is 0 Å². The molecule has 2 aromatic heterocycles. The third-order valence-corrected chi connectivity index (χ3v) is 3.66. The van der Waals surface area contributed by atoms with E-state index in [0.717, 1.165) is 42.6 Å². The Labute approximate surface area is 117 Å². The van der Waals surface area contributed by atoms with Crippen molar-refractivity contribution in [2.75, 3.05) is 20.3 Å². The second-order valence-electron chi connectivity index (χ2n) is 4.46. The summed E-state index contributed by atoms with van der Waals surface area (Å²) in [5, 5.41) is 11.0. The summed E-state index contributed by atoms with van der Waals surface area (Å²) in [5.41, 5.74) is 3.36. The summed E-state index contributed by atoms with van der Waals surface area (Å²) in [6.45, 7) is 7.20. The number of aryl methyl sites for hydroxylation is 2. The van der Waals surface area contributed by atoms with Crippen molar-refractivity contribution in [1.29, 1.82) is 0 Å². The number of methoxy groups -OCH3 is 1. The van der Waals surface area contributed by atoms with Crippen LogP contribution < -0.4 is 5.32 Å². The molecule has 104 valence electrons. The standard InChI is InChI=1S/C13H20N4OS/c1-10-12(6-14-4-5-18-3)7-17(16-10)8-13-9-19-11(2)15-13/h7,9,14H,4-6,8H2,1-3H3. The summed E-state index contributed by atoms with van der Waals surface area (Å²) in [4.78, 5) is 4.46. The number of nitrogens with zero attached hydrogens (tertiary/aromatic N) is 3. The topological polar surface area (TPSA) is 52.0 Å². The van der Waals surface area contributed by atoms with E-state index < -0.39 is 0 Å². The molecule has 0 aromatic carbocycles. The zero-order valence-corrected chi connectivity index (χ0v) is 12.5. The molecule has 19 heavy (non-hydrogen) atoms. The van der Waals surface area contributed by atoms with E-state index in [-0.39, 0.29) is 0 Å². The summed E-state index contributed by atoms with van der Waals surface area (Å²) in [5.74, 6) is 0. The molecule has 2 heterocycles. The Morgan fingerprint density at radius 2 is 2.26 bits per heavy atom. The van der Waals surface area contributed by atoms with Gasteiger partial charge in [-0.3, -0.25) is 4.68 Å². The highest BCUT2D eigenvalue weighted by Gasteiger charge is 2.06. The first-order chi connectivity index (χ1) is 9.19. The number of ether oxygens (including phenoxy) is 1. The minimum atomic E-state index is 0.727. The van der Waals surface area contributed by atoms with E-state index in [1.807, 2.05) is 18.5 Å².